The Kier molecular flexibility index (Phi) is 5.94. The fraction of sp³-hybridized carbons (Fsp3) is 0.308. The van der Waals surface area contributed by atoms with Crippen LogP contribution >= 0.6 is 0 Å². The standard InChI is InChI=1S/C26H28N2O3/c1-18-17-27(26(30)20-7-5-4-6-8-20)13-14-28(18)25(29)19(2)21-9-10-23-16-24(31-3)12-11-22(23)15-21/h4-12,15-16,18-19H,13-14,17H2,1-3H3/t18-,19+/m1/s1. The average molecular weight is 417 g/mol. The first-order valence-corrected chi connectivity index (χ1v) is 10.7. The Hall–Kier alpha value is -3.34. The first kappa shape index (κ1) is 20.9. The van der Waals surface area contributed by atoms with Crippen molar-refractivity contribution in [1.82, 2.24) is 9.80 Å². The first-order chi connectivity index (χ1) is 15.0. The topological polar surface area (TPSA) is 49.9 Å². The molecule has 5 heteroatoms. The van der Waals surface area contributed by atoms with Gasteiger partial charge in [-0.05, 0) is 54.4 Å². The van der Waals surface area contributed by atoms with Gasteiger partial charge in [-0.1, -0.05) is 42.5 Å². The molecule has 3 aromatic rings. The minimum atomic E-state index is -0.245. The van der Waals surface area contributed by atoms with Crippen LogP contribution in [0.3, 0.4) is 0 Å². The predicted molar refractivity (Wildman–Crippen MR) is 122 cm³/mol. The summed E-state index contributed by atoms with van der Waals surface area (Å²) < 4.78 is 5.29. The van der Waals surface area contributed by atoms with Gasteiger partial charge in [-0.15, -0.1) is 0 Å². The summed E-state index contributed by atoms with van der Waals surface area (Å²) in [6.45, 7) is 5.62. The minimum Gasteiger partial charge on any atom is -0.497 e. The lowest BCUT2D eigenvalue weighted by Crippen LogP contribution is -2.56. The fourth-order valence-corrected chi connectivity index (χ4v) is 4.26. The van der Waals surface area contributed by atoms with Crippen LogP contribution in [0.15, 0.2) is 66.7 Å². The molecule has 4 rings (SSSR count). The van der Waals surface area contributed by atoms with Gasteiger partial charge in [0.05, 0.1) is 13.0 Å². The quantitative estimate of drug-likeness (QED) is 0.636. The molecule has 0 N–H and O–H groups in total. The molecule has 0 radical (unpaired) electrons. The van der Waals surface area contributed by atoms with E-state index in [0.29, 0.717) is 25.2 Å². The van der Waals surface area contributed by atoms with E-state index in [1.54, 1.807) is 7.11 Å². The van der Waals surface area contributed by atoms with Gasteiger partial charge in [-0.3, -0.25) is 9.59 Å². The van der Waals surface area contributed by atoms with E-state index in [-0.39, 0.29) is 23.8 Å². The lowest BCUT2D eigenvalue weighted by atomic mass is 9.95. The molecule has 160 valence electrons. The largest absolute Gasteiger partial charge is 0.497 e. The average Bonchev–Trinajstić information content (AvgIpc) is 2.82. The fourth-order valence-electron chi connectivity index (χ4n) is 4.26. The SMILES string of the molecule is COc1ccc2cc([C@H](C)C(=O)N3CCN(C(=O)c4ccccc4)C[C@H]3C)ccc2c1. The molecule has 0 spiro atoms. The van der Waals surface area contributed by atoms with Crippen LogP contribution < -0.4 is 4.74 Å². The molecule has 5 nitrogen and oxygen atoms in total. The monoisotopic (exact) mass is 416 g/mol. The van der Waals surface area contributed by atoms with Crippen LogP contribution in [-0.2, 0) is 4.79 Å². The Balaban J connectivity index is 1.46. The molecule has 3 aromatic carbocycles. The smallest absolute Gasteiger partial charge is 0.253 e. The van der Waals surface area contributed by atoms with E-state index in [9.17, 15) is 9.59 Å². The summed E-state index contributed by atoms with van der Waals surface area (Å²) in [4.78, 5) is 29.8. The molecule has 0 aliphatic carbocycles. The molecule has 31 heavy (non-hydrogen) atoms. The number of hydrogen-bond acceptors (Lipinski definition) is 3. The number of piperazine rings is 1. The Morgan fingerprint density at radius 3 is 2.39 bits per heavy atom. The second kappa shape index (κ2) is 8.80. The van der Waals surface area contributed by atoms with Gasteiger partial charge in [0.1, 0.15) is 5.75 Å². The van der Waals surface area contributed by atoms with Crippen LogP contribution in [0.2, 0.25) is 0 Å². The number of nitrogens with zero attached hydrogens (tertiary/aromatic N) is 2. The first-order valence-electron chi connectivity index (χ1n) is 10.7. The highest BCUT2D eigenvalue weighted by atomic mass is 16.5. The van der Waals surface area contributed by atoms with Crippen molar-refractivity contribution in [2.75, 3.05) is 26.7 Å². The van der Waals surface area contributed by atoms with Crippen LogP contribution in [0.25, 0.3) is 10.8 Å². The third kappa shape index (κ3) is 4.26. The third-order valence-corrected chi connectivity index (χ3v) is 6.16. The molecule has 1 heterocycles. The molecule has 0 unspecified atom stereocenters. The third-order valence-electron chi connectivity index (χ3n) is 6.16. The van der Waals surface area contributed by atoms with Crippen molar-refractivity contribution in [2.45, 2.75) is 25.8 Å². The number of fused-ring (bicyclic) bond motifs is 1. The zero-order chi connectivity index (χ0) is 22.0. The normalized spacial score (nSPS) is 17.5. The second-order valence-corrected chi connectivity index (χ2v) is 8.19. The Morgan fingerprint density at radius 2 is 1.68 bits per heavy atom. The Morgan fingerprint density at radius 1 is 0.968 bits per heavy atom. The molecular weight excluding hydrogens is 388 g/mol. The summed E-state index contributed by atoms with van der Waals surface area (Å²) >= 11 is 0. The Labute approximate surface area is 183 Å². The number of rotatable bonds is 4. The van der Waals surface area contributed by atoms with E-state index in [1.807, 2.05) is 84.3 Å². The van der Waals surface area contributed by atoms with Crippen molar-refractivity contribution in [3.8, 4) is 5.75 Å². The van der Waals surface area contributed by atoms with Crippen LogP contribution in [0.1, 0.15) is 35.7 Å². The lowest BCUT2D eigenvalue weighted by molar-refractivity contribution is -0.136. The van der Waals surface area contributed by atoms with Gasteiger partial charge in [-0.25, -0.2) is 0 Å². The number of carbonyl (C=O) groups excluding carboxylic acids is 2. The van der Waals surface area contributed by atoms with Crippen molar-refractivity contribution < 1.29 is 14.3 Å². The predicted octanol–water partition coefficient (Wildman–Crippen LogP) is 4.33. The van der Waals surface area contributed by atoms with Crippen LogP contribution in [-0.4, -0.2) is 54.4 Å². The zero-order valence-electron chi connectivity index (χ0n) is 18.2. The zero-order valence-corrected chi connectivity index (χ0v) is 18.2. The molecule has 0 bridgehead atoms. The number of benzene rings is 3. The lowest BCUT2D eigenvalue weighted by Gasteiger charge is -2.41. The maximum Gasteiger partial charge on any atom is 0.253 e. The molecule has 0 aromatic heterocycles. The highest BCUT2D eigenvalue weighted by Gasteiger charge is 2.32. The summed E-state index contributed by atoms with van der Waals surface area (Å²) in [5.74, 6) is 0.705. The van der Waals surface area contributed by atoms with Crippen molar-refractivity contribution >= 4 is 22.6 Å². The molecule has 1 fully saturated rings. The van der Waals surface area contributed by atoms with Crippen LogP contribution in [0, 0.1) is 0 Å². The van der Waals surface area contributed by atoms with E-state index >= 15 is 0 Å². The van der Waals surface area contributed by atoms with Crippen molar-refractivity contribution in [3.63, 3.8) is 0 Å². The van der Waals surface area contributed by atoms with Crippen molar-refractivity contribution in [1.29, 1.82) is 0 Å². The van der Waals surface area contributed by atoms with Gasteiger partial charge in [0.25, 0.3) is 5.91 Å². The number of methoxy groups -OCH3 is 1. The van der Waals surface area contributed by atoms with Gasteiger partial charge in [0, 0.05) is 31.2 Å². The van der Waals surface area contributed by atoms with Gasteiger partial charge in [-0.2, -0.15) is 0 Å². The number of ether oxygens (including phenoxy) is 1. The second-order valence-electron chi connectivity index (χ2n) is 8.19. The maximum absolute atomic E-state index is 13.3. The molecule has 1 saturated heterocycles. The van der Waals surface area contributed by atoms with E-state index in [4.69, 9.17) is 4.74 Å². The number of hydrogen-bond donors (Lipinski definition) is 0. The van der Waals surface area contributed by atoms with Gasteiger partial charge >= 0.3 is 0 Å². The molecule has 1 aliphatic heterocycles. The summed E-state index contributed by atoms with van der Waals surface area (Å²) in [5, 5.41) is 2.17. The van der Waals surface area contributed by atoms with Gasteiger partial charge in [0.2, 0.25) is 5.91 Å². The highest BCUT2D eigenvalue weighted by Crippen LogP contribution is 2.27. The molecule has 2 amide bonds. The highest BCUT2D eigenvalue weighted by molar-refractivity contribution is 5.94. The summed E-state index contributed by atoms with van der Waals surface area (Å²) in [6.07, 6.45) is 0. The summed E-state index contributed by atoms with van der Waals surface area (Å²) in [7, 11) is 1.66. The molecule has 1 aliphatic rings. The molecule has 2 atom stereocenters. The van der Waals surface area contributed by atoms with E-state index in [0.717, 1.165) is 22.1 Å². The van der Waals surface area contributed by atoms with Crippen molar-refractivity contribution in [3.05, 3.63) is 77.9 Å². The van der Waals surface area contributed by atoms with Crippen molar-refractivity contribution in [2.24, 2.45) is 0 Å². The van der Waals surface area contributed by atoms with Crippen LogP contribution in [0.4, 0.5) is 0 Å². The Bertz CT molecular complexity index is 1100. The summed E-state index contributed by atoms with van der Waals surface area (Å²) in [5.41, 5.74) is 1.69. The van der Waals surface area contributed by atoms with Gasteiger partial charge in [0.15, 0.2) is 0 Å². The van der Waals surface area contributed by atoms with E-state index in [1.165, 1.54) is 0 Å². The van der Waals surface area contributed by atoms with Gasteiger partial charge < -0.3 is 14.5 Å². The van der Waals surface area contributed by atoms with Crippen LogP contribution in [0.5, 0.6) is 5.75 Å². The number of amides is 2. The molecular formula is C26H28N2O3. The van der Waals surface area contributed by atoms with E-state index in [2.05, 4.69) is 6.07 Å². The molecule has 0 saturated carbocycles. The van der Waals surface area contributed by atoms with E-state index < -0.39 is 0 Å². The minimum absolute atomic E-state index is 0.0255. The maximum atomic E-state index is 13.3. The number of carbonyl (C=O) groups is 2. The summed E-state index contributed by atoms with van der Waals surface area (Å²) in [6, 6.07) is 21.4.